The Labute approximate surface area is 189 Å². The van der Waals surface area contributed by atoms with Gasteiger partial charge in [0.1, 0.15) is 11.6 Å². The number of ketones is 1. The number of amides is 2. The lowest BCUT2D eigenvalue weighted by Crippen LogP contribution is -2.55. The van der Waals surface area contributed by atoms with Gasteiger partial charge in [-0.3, -0.25) is 19.3 Å². The highest BCUT2D eigenvalue weighted by molar-refractivity contribution is 5.98. The Bertz CT molecular complexity index is 728. The molecule has 0 saturated carbocycles. The molecule has 1 aliphatic heterocycles. The zero-order chi connectivity index (χ0) is 23.6. The number of carbonyl (C=O) groups excluding carboxylic acids is 3. The minimum Gasteiger partial charge on any atom is -0.361 e. The molecule has 1 aromatic carbocycles. The highest BCUT2D eigenvalue weighted by Gasteiger charge is 2.50. The Hall–Kier alpha value is -2.25. The minimum absolute atomic E-state index is 0. The van der Waals surface area contributed by atoms with Crippen LogP contribution in [0.3, 0.4) is 0 Å². The van der Waals surface area contributed by atoms with E-state index in [1.807, 2.05) is 37.3 Å². The third kappa shape index (κ3) is 8.42. The number of ether oxygens (including phenoxy) is 1. The molecule has 1 aliphatic rings. The van der Waals surface area contributed by atoms with Crippen LogP contribution in [0.2, 0.25) is 0 Å². The fourth-order valence-corrected chi connectivity index (χ4v) is 2.83. The molecular formula is C24H43N3O4. The summed E-state index contributed by atoms with van der Waals surface area (Å²) in [6.45, 7) is 9.94. The van der Waals surface area contributed by atoms with E-state index in [2.05, 4.69) is 24.5 Å². The number of Topliss-reactive ketones (excluding diaryl/α,β-unsaturated/α-hetero) is 1. The van der Waals surface area contributed by atoms with Crippen molar-refractivity contribution in [1.29, 1.82) is 0 Å². The van der Waals surface area contributed by atoms with Gasteiger partial charge in [0.25, 0.3) is 0 Å². The Kier molecular flexibility index (Phi) is 10.9. The summed E-state index contributed by atoms with van der Waals surface area (Å²) in [6, 6.07) is 7.76. The molecule has 7 nitrogen and oxygen atoms in total. The number of rotatable bonds is 10. The zero-order valence-electron chi connectivity index (χ0n) is 20.0. The minimum atomic E-state index is -0.836. The summed E-state index contributed by atoms with van der Waals surface area (Å²) < 4.78 is 5.29. The van der Waals surface area contributed by atoms with Crippen molar-refractivity contribution in [3.05, 3.63) is 35.9 Å². The van der Waals surface area contributed by atoms with E-state index in [1.165, 1.54) is 6.42 Å². The molecule has 0 unspecified atom stereocenters. The number of epoxide rings is 1. The molecular weight excluding hydrogens is 394 g/mol. The van der Waals surface area contributed by atoms with Crippen molar-refractivity contribution in [2.45, 2.75) is 77.6 Å². The van der Waals surface area contributed by atoms with E-state index in [-0.39, 0.29) is 26.5 Å². The molecule has 2 amide bonds. The quantitative estimate of drug-likeness (QED) is 0.549. The van der Waals surface area contributed by atoms with Crippen molar-refractivity contribution in [2.75, 3.05) is 20.7 Å². The number of carbonyl (C=O) groups is 3. The van der Waals surface area contributed by atoms with Crippen molar-refractivity contribution in [2.24, 2.45) is 0 Å². The maximum Gasteiger partial charge on any atom is 0.243 e. The second-order valence-electron chi connectivity index (χ2n) is 8.45. The van der Waals surface area contributed by atoms with Crippen LogP contribution in [0.5, 0.6) is 0 Å². The second kappa shape index (κ2) is 12.6. The van der Waals surface area contributed by atoms with Gasteiger partial charge in [-0.05, 0) is 46.3 Å². The fourth-order valence-electron chi connectivity index (χ4n) is 2.83. The maximum absolute atomic E-state index is 12.9. The van der Waals surface area contributed by atoms with Gasteiger partial charge in [0.05, 0.1) is 18.7 Å². The van der Waals surface area contributed by atoms with E-state index in [0.717, 1.165) is 5.56 Å². The number of hydrogen-bond acceptors (Lipinski definition) is 5. The monoisotopic (exact) mass is 437 g/mol. The predicted octanol–water partition coefficient (Wildman–Crippen LogP) is 2.83. The standard InChI is InChI=1S/C21H31N3O4.C3H8.2H2/c1-6-16(22-19(26)14(2)24(4)5)20(27)23-17(18(25)21(3)13-28-21)12-15-10-8-7-9-11-15;1-3-2;;/h7-11,14,16-17H,6,12-13H2,1-5H3,(H,22,26)(H,23,27);3H2,1-2H3;2*1H/t14-,16-,17-,21+;;;/m0.../s1. The van der Waals surface area contributed by atoms with Gasteiger partial charge in [0.2, 0.25) is 11.8 Å². The number of benzene rings is 1. The van der Waals surface area contributed by atoms with Gasteiger partial charge in [-0.2, -0.15) is 0 Å². The summed E-state index contributed by atoms with van der Waals surface area (Å²) in [5.41, 5.74) is 0.112. The summed E-state index contributed by atoms with van der Waals surface area (Å²) in [7, 11) is 3.60. The third-order valence-corrected chi connectivity index (χ3v) is 5.21. The van der Waals surface area contributed by atoms with Gasteiger partial charge in [0, 0.05) is 2.85 Å². The van der Waals surface area contributed by atoms with Crippen LogP contribution in [-0.4, -0.2) is 66.9 Å². The van der Waals surface area contributed by atoms with Crippen LogP contribution in [0.15, 0.2) is 30.3 Å². The van der Waals surface area contributed by atoms with Crippen molar-refractivity contribution in [1.82, 2.24) is 15.5 Å². The molecule has 0 spiro atoms. The normalized spacial score (nSPS) is 20.0. The van der Waals surface area contributed by atoms with Crippen LogP contribution >= 0.6 is 0 Å². The van der Waals surface area contributed by atoms with Crippen LogP contribution in [0, 0.1) is 0 Å². The summed E-state index contributed by atoms with van der Waals surface area (Å²) >= 11 is 0. The SMILES string of the molecule is CCC.CC[C@H](NC(=O)[C@H](C)N(C)C)C(=O)N[C@@H](Cc1ccccc1)C(=O)[C@@]1(C)CO1.[HH].[HH]. The molecule has 31 heavy (non-hydrogen) atoms. The first kappa shape index (κ1) is 26.8. The van der Waals surface area contributed by atoms with Gasteiger partial charge in [0.15, 0.2) is 5.78 Å². The molecule has 1 saturated heterocycles. The first-order valence-electron chi connectivity index (χ1n) is 11.1. The average molecular weight is 438 g/mol. The molecule has 178 valence electrons. The van der Waals surface area contributed by atoms with Crippen molar-refractivity contribution in [3.63, 3.8) is 0 Å². The lowest BCUT2D eigenvalue weighted by Gasteiger charge is -2.25. The van der Waals surface area contributed by atoms with Gasteiger partial charge in [-0.1, -0.05) is 57.5 Å². The van der Waals surface area contributed by atoms with E-state index in [4.69, 9.17) is 4.74 Å². The predicted molar refractivity (Wildman–Crippen MR) is 127 cm³/mol. The molecule has 4 atom stereocenters. The summed E-state index contributed by atoms with van der Waals surface area (Å²) in [5, 5.41) is 5.61. The Morgan fingerprint density at radius 2 is 1.58 bits per heavy atom. The molecule has 0 bridgehead atoms. The maximum atomic E-state index is 12.9. The Balaban J connectivity index is 0. The van der Waals surface area contributed by atoms with Crippen molar-refractivity contribution >= 4 is 17.6 Å². The largest absolute Gasteiger partial charge is 0.361 e. The van der Waals surface area contributed by atoms with Crippen LogP contribution in [0.4, 0.5) is 0 Å². The van der Waals surface area contributed by atoms with Crippen molar-refractivity contribution < 1.29 is 22.0 Å². The Morgan fingerprint density at radius 1 is 1.06 bits per heavy atom. The van der Waals surface area contributed by atoms with Crippen LogP contribution in [0.25, 0.3) is 0 Å². The van der Waals surface area contributed by atoms with E-state index in [9.17, 15) is 14.4 Å². The first-order valence-corrected chi connectivity index (χ1v) is 11.1. The lowest BCUT2D eigenvalue weighted by molar-refractivity contribution is -0.133. The molecule has 1 aromatic rings. The van der Waals surface area contributed by atoms with Gasteiger partial charge in [-0.15, -0.1) is 0 Å². The zero-order valence-corrected chi connectivity index (χ0v) is 20.0. The van der Waals surface area contributed by atoms with Gasteiger partial charge < -0.3 is 15.4 Å². The summed E-state index contributed by atoms with van der Waals surface area (Å²) in [5.74, 6) is -0.733. The molecule has 7 heteroatoms. The summed E-state index contributed by atoms with van der Waals surface area (Å²) in [6.07, 6.45) is 2.06. The molecule has 2 rings (SSSR count). The van der Waals surface area contributed by atoms with E-state index in [1.54, 1.807) is 32.8 Å². The van der Waals surface area contributed by atoms with Crippen molar-refractivity contribution in [3.8, 4) is 0 Å². The summed E-state index contributed by atoms with van der Waals surface area (Å²) in [4.78, 5) is 39.8. The third-order valence-electron chi connectivity index (χ3n) is 5.21. The number of nitrogens with zero attached hydrogens (tertiary/aromatic N) is 1. The topological polar surface area (TPSA) is 91.0 Å². The highest BCUT2D eigenvalue weighted by Crippen LogP contribution is 2.29. The van der Waals surface area contributed by atoms with E-state index in [0.29, 0.717) is 19.4 Å². The molecule has 0 aromatic heterocycles. The molecule has 0 aliphatic carbocycles. The highest BCUT2D eigenvalue weighted by atomic mass is 16.6. The van der Waals surface area contributed by atoms with Gasteiger partial charge >= 0.3 is 0 Å². The second-order valence-corrected chi connectivity index (χ2v) is 8.45. The average Bonchev–Trinajstić information content (AvgIpc) is 3.49. The first-order chi connectivity index (χ1) is 14.6. The van der Waals surface area contributed by atoms with E-state index < -0.39 is 17.7 Å². The van der Waals surface area contributed by atoms with E-state index >= 15 is 0 Å². The lowest BCUT2D eigenvalue weighted by atomic mass is 9.94. The number of nitrogens with one attached hydrogen (secondary N) is 2. The molecule has 1 fully saturated rings. The Morgan fingerprint density at radius 3 is 2.03 bits per heavy atom. The van der Waals surface area contributed by atoms with Gasteiger partial charge in [-0.25, -0.2) is 0 Å². The van der Waals surface area contributed by atoms with Crippen LogP contribution in [0.1, 0.15) is 55.9 Å². The number of hydrogen-bond donors (Lipinski definition) is 2. The molecule has 2 N–H and O–H groups in total. The molecule has 1 heterocycles. The number of likely N-dealkylation sites (N-methyl/N-ethyl adjacent to an activating group) is 1. The smallest absolute Gasteiger partial charge is 0.243 e. The van der Waals surface area contributed by atoms with Crippen LogP contribution < -0.4 is 10.6 Å². The fraction of sp³-hybridized carbons (Fsp3) is 0.625. The van der Waals surface area contributed by atoms with Crippen LogP contribution in [-0.2, 0) is 25.5 Å². The molecule has 0 radical (unpaired) electrons.